The van der Waals surface area contributed by atoms with E-state index in [-0.39, 0.29) is 0 Å². The predicted octanol–water partition coefficient (Wildman–Crippen LogP) is 5.11. The van der Waals surface area contributed by atoms with Gasteiger partial charge in [0.1, 0.15) is 10.6 Å². The van der Waals surface area contributed by atoms with Crippen molar-refractivity contribution in [3.8, 4) is 0 Å². The van der Waals surface area contributed by atoms with Crippen molar-refractivity contribution in [2.24, 2.45) is 5.92 Å². The van der Waals surface area contributed by atoms with Crippen molar-refractivity contribution >= 4 is 39.0 Å². The van der Waals surface area contributed by atoms with Crippen molar-refractivity contribution in [3.63, 3.8) is 0 Å². The zero-order valence-corrected chi connectivity index (χ0v) is 15.3. The SMILES string of the molecule is Cc1cc2c(N3CCC(Cc4ccccc4)CC3)nc(Cl)nc2s1. The second-order valence-corrected chi connectivity index (χ2v) is 8.09. The third kappa shape index (κ3) is 3.26. The van der Waals surface area contributed by atoms with Gasteiger partial charge in [-0.15, -0.1) is 11.3 Å². The Hall–Kier alpha value is -1.65. The minimum atomic E-state index is 0.353. The number of halogens is 1. The van der Waals surface area contributed by atoms with Gasteiger partial charge in [0.2, 0.25) is 5.28 Å². The maximum Gasteiger partial charge on any atom is 0.225 e. The van der Waals surface area contributed by atoms with Gasteiger partial charge in [-0.1, -0.05) is 30.3 Å². The monoisotopic (exact) mass is 357 g/mol. The van der Waals surface area contributed by atoms with Gasteiger partial charge in [0, 0.05) is 18.0 Å². The molecule has 4 rings (SSSR count). The maximum absolute atomic E-state index is 6.15. The summed E-state index contributed by atoms with van der Waals surface area (Å²) >= 11 is 7.83. The van der Waals surface area contributed by atoms with Crippen LogP contribution in [0, 0.1) is 12.8 Å². The van der Waals surface area contributed by atoms with E-state index in [1.165, 1.54) is 29.7 Å². The molecule has 3 aromatic rings. The standard InChI is InChI=1S/C19H20ClN3S/c1-13-11-16-17(21-19(20)22-18(16)24-13)23-9-7-15(8-10-23)12-14-5-3-2-4-6-14/h2-6,11,15H,7-10,12H2,1H3. The molecule has 0 N–H and O–H groups in total. The summed E-state index contributed by atoms with van der Waals surface area (Å²) in [6.07, 6.45) is 3.56. The molecule has 1 aliphatic heterocycles. The molecule has 24 heavy (non-hydrogen) atoms. The van der Waals surface area contributed by atoms with Crippen LogP contribution in [0.1, 0.15) is 23.3 Å². The second kappa shape index (κ2) is 6.69. The van der Waals surface area contributed by atoms with Crippen molar-refractivity contribution in [2.75, 3.05) is 18.0 Å². The number of anilines is 1. The fourth-order valence-corrected chi connectivity index (χ4v) is 4.63. The Morgan fingerprint density at radius 2 is 1.92 bits per heavy atom. The Kier molecular flexibility index (Phi) is 4.42. The number of fused-ring (bicyclic) bond motifs is 1. The topological polar surface area (TPSA) is 29.0 Å². The van der Waals surface area contributed by atoms with E-state index in [4.69, 9.17) is 11.6 Å². The third-order valence-electron chi connectivity index (χ3n) is 4.75. The smallest absolute Gasteiger partial charge is 0.225 e. The molecule has 0 spiro atoms. The molecular formula is C19H20ClN3S. The number of thiophene rings is 1. The highest BCUT2D eigenvalue weighted by atomic mass is 35.5. The number of piperidine rings is 1. The van der Waals surface area contributed by atoms with Crippen LogP contribution >= 0.6 is 22.9 Å². The van der Waals surface area contributed by atoms with Crippen LogP contribution in [0.5, 0.6) is 0 Å². The lowest BCUT2D eigenvalue weighted by atomic mass is 9.90. The number of benzene rings is 1. The molecule has 3 heterocycles. The van der Waals surface area contributed by atoms with E-state index in [1.54, 1.807) is 11.3 Å². The molecule has 0 saturated carbocycles. The fourth-order valence-electron chi connectivity index (χ4n) is 3.54. The first kappa shape index (κ1) is 15.9. The van der Waals surface area contributed by atoms with Crippen LogP contribution in [0.2, 0.25) is 5.28 Å². The van der Waals surface area contributed by atoms with Gasteiger partial charge in [0.05, 0.1) is 5.39 Å². The molecule has 1 aliphatic rings. The molecule has 1 aromatic carbocycles. The molecule has 3 nitrogen and oxygen atoms in total. The van der Waals surface area contributed by atoms with E-state index in [0.29, 0.717) is 5.28 Å². The zero-order valence-electron chi connectivity index (χ0n) is 13.7. The maximum atomic E-state index is 6.15. The summed E-state index contributed by atoms with van der Waals surface area (Å²) in [5.74, 6) is 1.76. The molecular weight excluding hydrogens is 338 g/mol. The summed E-state index contributed by atoms with van der Waals surface area (Å²) in [5.41, 5.74) is 1.44. The average Bonchev–Trinajstić information content (AvgIpc) is 2.96. The van der Waals surface area contributed by atoms with E-state index in [0.717, 1.165) is 35.0 Å². The highest BCUT2D eigenvalue weighted by molar-refractivity contribution is 7.18. The van der Waals surface area contributed by atoms with E-state index < -0.39 is 0 Å². The van der Waals surface area contributed by atoms with Gasteiger partial charge >= 0.3 is 0 Å². The second-order valence-electron chi connectivity index (χ2n) is 6.51. The lowest BCUT2D eigenvalue weighted by Gasteiger charge is -2.33. The van der Waals surface area contributed by atoms with Crippen molar-refractivity contribution in [2.45, 2.75) is 26.2 Å². The molecule has 0 radical (unpaired) electrons. The first-order valence-corrected chi connectivity index (χ1v) is 9.61. The van der Waals surface area contributed by atoms with Crippen molar-refractivity contribution in [1.82, 2.24) is 9.97 Å². The molecule has 0 bridgehead atoms. The van der Waals surface area contributed by atoms with Crippen LogP contribution in [0.3, 0.4) is 0 Å². The highest BCUT2D eigenvalue weighted by Crippen LogP contribution is 2.34. The molecule has 124 valence electrons. The number of rotatable bonds is 3. The van der Waals surface area contributed by atoms with Crippen LogP contribution in [0.15, 0.2) is 36.4 Å². The summed E-state index contributed by atoms with van der Waals surface area (Å²) in [6, 6.07) is 13.0. The molecule has 0 unspecified atom stereocenters. The van der Waals surface area contributed by atoms with E-state index in [2.05, 4.69) is 58.2 Å². The highest BCUT2D eigenvalue weighted by Gasteiger charge is 2.23. The van der Waals surface area contributed by atoms with Crippen LogP contribution in [0.25, 0.3) is 10.2 Å². The summed E-state index contributed by atoms with van der Waals surface area (Å²) in [4.78, 5) is 13.5. The van der Waals surface area contributed by atoms with Crippen LogP contribution in [-0.2, 0) is 6.42 Å². The molecule has 1 saturated heterocycles. The van der Waals surface area contributed by atoms with Gasteiger partial charge in [-0.2, -0.15) is 4.98 Å². The normalized spacial score (nSPS) is 16.0. The number of nitrogens with zero attached hydrogens (tertiary/aromatic N) is 3. The molecule has 0 amide bonds. The van der Waals surface area contributed by atoms with Crippen molar-refractivity contribution in [3.05, 3.63) is 52.1 Å². The Morgan fingerprint density at radius 3 is 2.67 bits per heavy atom. The number of aromatic nitrogens is 2. The molecule has 0 aliphatic carbocycles. The third-order valence-corrected chi connectivity index (χ3v) is 5.86. The summed E-state index contributed by atoms with van der Waals surface area (Å²) in [7, 11) is 0. The lowest BCUT2D eigenvalue weighted by Crippen LogP contribution is -2.35. The van der Waals surface area contributed by atoms with Crippen molar-refractivity contribution in [1.29, 1.82) is 0 Å². The quantitative estimate of drug-likeness (QED) is 0.610. The first-order chi connectivity index (χ1) is 11.7. The van der Waals surface area contributed by atoms with Gasteiger partial charge in [-0.3, -0.25) is 0 Å². The molecule has 0 atom stereocenters. The first-order valence-electron chi connectivity index (χ1n) is 8.41. The largest absolute Gasteiger partial charge is 0.356 e. The minimum absolute atomic E-state index is 0.353. The Labute approximate surface area is 151 Å². The van der Waals surface area contributed by atoms with Crippen LogP contribution in [0.4, 0.5) is 5.82 Å². The van der Waals surface area contributed by atoms with Gasteiger partial charge in [0.25, 0.3) is 0 Å². The summed E-state index contributed by atoms with van der Waals surface area (Å²) in [6.45, 7) is 4.18. The van der Waals surface area contributed by atoms with Crippen molar-refractivity contribution < 1.29 is 0 Å². The number of hydrogen-bond donors (Lipinski definition) is 0. The average molecular weight is 358 g/mol. The molecule has 1 fully saturated rings. The lowest BCUT2D eigenvalue weighted by molar-refractivity contribution is 0.403. The van der Waals surface area contributed by atoms with E-state index >= 15 is 0 Å². The summed E-state index contributed by atoms with van der Waals surface area (Å²) in [5, 5.41) is 1.49. The fraction of sp³-hybridized carbons (Fsp3) is 0.368. The van der Waals surface area contributed by atoms with Gasteiger partial charge in [0.15, 0.2) is 0 Å². The Balaban J connectivity index is 1.50. The van der Waals surface area contributed by atoms with Gasteiger partial charge < -0.3 is 4.90 Å². The van der Waals surface area contributed by atoms with E-state index in [9.17, 15) is 0 Å². The van der Waals surface area contributed by atoms with Gasteiger partial charge in [-0.05, 0) is 55.3 Å². The van der Waals surface area contributed by atoms with E-state index in [1.807, 2.05) is 0 Å². The summed E-state index contributed by atoms with van der Waals surface area (Å²) < 4.78 is 0. The zero-order chi connectivity index (χ0) is 16.5. The number of aryl methyl sites for hydroxylation is 1. The molecule has 5 heteroatoms. The Bertz CT molecular complexity index is 838. The number of hydrogen-bond acceptors (Lipinski definition) is 4. The van der Waals surface area contributed by atoms with Crippen LogP contribution < -0.4 is 4.90 Å². The predicted molar refractivity (Wildman–Crippen MR) is 102 cm³/mol. The minimum Gasteiger partial charge on any atom is -0.356 e. The van der Waals surface area contributed by atoms with Gasteiger partial charge in [-0.25, -0.2) is 4.98 Å². The van der Waals surface area contributed by atoms with Crippen LogP contribution in [-0.4, -0.2) is 23.1 Å². The molecule has 2 aromatic heterocycles. The Morgan fingerprint density at radius 1 is 1.17 bits per heavy atom.